The maximum absolute atomic E-state index is 13.3. The van der Waals surface area contributed by atoms with Crippen molar-refractivity contribution in [1.82, 2.24) is 10.2 Å². The fourth-order valence-electron chi connectivity index (χ4n) is 3.24. The van der Waals surface area contributed by atoms with Gasteiger partial charge in [-0.2, -0.15) is 0 Å². The standard InChI is InChI=1S/C19H24FN3O4/c1-2-27-18(26)23-10-6-14(7-11-23)21-16(24)19(8-9-19)17(25)22-15-5-3-4-13(20)12-15/h3-5,12,14H,2,6-11H2,1H3,(H,21,24)(H,22,25). The van der Waals surface area contributed by atoms with Crippen LogP contribution in [-0.4, -0.2) is 48.5 Å². The molecule has 2 N–H and O–H groups in total. The Morgan fingerprint density at radius 1 is 1.22 bits per heavy atom. The molecule has 0 atom stereocenters. The molecule has 0 unspecified atom stereocenters. The molecule has 2 fully saturated rings. The van der Waals surface area contributed by atoms with Gasteiger partial charge in [-0.05, 0) is 50.8 Å². The number of hydrogen-bond acceptors (Lipinski definition) is 4. The maximum atomic E-state index is 13.3. The van der Waals surface area contributed by atoms with Crippen LogP contribution in [0, 0.1) is 11.2 Å². The van der Waals surface area contributed by atoms with E-state index in [-0.39, 0.29) is 18.0 Å². The lowest BCUT2D eigenvalue weighted by atomic mass is 10.0. The molecule has 1 saturated heterocycles. The molecule has 0 bridgehead atoms. The molecule has 8 heteroatoms. The topological polar surface area (TPSA) is 87.7 Å². The van der Waals surface area contributed by atoms with E-state index in [0.29, 0.717) is 51.1 Å². The largest absolute Gasteiger partial charge is 0.450 e. The van der Waals surface area contributed by atoms with Gasteiger partial charge < -0.3 is 20.3 Å². The third-order valence-corrected chi connectivity index (χ3v) is 5.06. The van der Waals surface area contributed by atoms with Crippen LogP contribution >= 0.6 is 0 Å². The lowest BCUT2D eigenvalue weighted by Crippen LogP contribution is -2.50. The number of rotatable bonds is 5. The molecule has 0 radical (unpaired) electrons. The van der Waals surface area contributed by atoms with E-state index < -0.39 is 17.1 Å². The first-order chi connectivity index (χ1) is 12.9. The predicted molar refractivity (Wildman–Crippen MR) is 96.5 cm³/mol. The number of likely N-dealkylation sites (tertiary alicyclic amines) is 1. The minimum atomic E-state index is -1.08. The number of carbonyl (C=O) groups excluding carboxylic acids is 3. The van der Waals surface area contributed by atoms with Gasteiger partial charge in [-0.25, -0.2) is 9.18 Å². The number of nitrogens with zero attached hydrogens (tertiary/aromatic N) is 1. The van der Waals surface area contributed by atoms with Crippen molar-refractivity contribution in [2.45, 2.75) is 38.6 Å². The SMILES string of the molecule is CCOC(=O)N1CCC(NC(=O)C2(C(=O)Nc3cccc(F)c3)CC2)CC1. The molecule has 1 aliphatic heterocycles. The summed E-state index contributed by atoms with van der Waals surface area (Å²) in [5.41, 5.74) is -0.744. The number of carbonyl (C=O) groups is 3. The summed E-state index contributed by atoms with van der Waals surface area (Å²) in [6.45, 7) is 3.10. The Hall–Kier alpha value is -2.64. The second kappa shape index (κ2) is 7.94. The minimum absolute atomic E-state index is 0.0809. The summed E-state index contributed by atoms with van der Waals surface area (Å²) in [7, 11) is 0. The molecule has 1 aliphatic carbocycles. The Morgan fingerprint density at radius 2 is 1.93 bits per heavy atom. The van der Waals surface area contributed by atoms with E-state index >= 15 is 0 Å². The first-order valence-electron chi connectivity index (χ1n) is 9.24. The average Bonchev–Trinajstić information content (AvgIpc) is 3.44. The van der Waals surface area contributed by atoms with Gasteiger partial charge in [0.25, 0.3) is 0 Å². The van der Waals surface area contributed by atoms with Crippen molar-refractivity contribution in [2.75, 3.05) is 25.0 Å². The zero-order valence-corrected chi connectivity index (χ0v) is 15.3. The summed E-state index contributed by atoms with van der Waals surface area (Å²) < 4.78 is 18.2. The monoisotopic (exact) mass is 377 g/mol. The van der Waals surface area contributed by atoms with Crippen LogP contribution in [0.15, 0.2) is 24.3 Å². The van der Waals surface area contributed by atoms with E-state index in [0.717, 1.165) is 0 Å². The molecule has 146 valence electrons. The Labute approximate surface area is 157 Å². The minimum Gasteiger partial charge on any atom is -0.450 e. The second-order valence-electron chi connectivity index (χ2n) is 6.98. The second-order valence-corrected chi connectivity index (χ2v) is 6.98. The lowest BCUT2D eigenvalue weighted by Gasteiger charge is -2.32. The average molecular weight is 377 g/mol. The Kier molecular flexibility index (Phi) is 5.62. The predicted octanol–water partition coefficient (Wildman–Crippen LogP) is 2.28. The first-order valence-corrected chi connectivity index (χ1v) is 9.24. The third kappa shape index (κ3) is 4.37. The van der Waals surface area contributed by atoms with Gasteiger partial charge in [0.1, 0.15) is 11.2 Å². The smallest absolute Gasteiger partial charge is 0.409 e. The zero-order chi connectivity index (χ0) is 19.4. The molecular formula is C19H24FN3O4. The van der Waals surface area contributed by atoms with Gasteiger partial charge >= 0.3 is 6.09 Å². The van der Waals surface area contributed by atoms with E-state index in [2.05, 4.69) is 10.6 Å². The number of hydrogen-bond donors (Lipinski definition) is 2. The molecule has 3 amide bonds. The third-order valence-electron chi connectivity index (χ3n) is 5.06. The number of ether oxygens (including phenoxy) is 1. The van der Waals surface area contributed by atoms with E-state index in [1.165, 1.54) is 18.2 Å². The highest BCUT2D eigenvalue weighted by atomic mass is 19.1. The van der Waals surface area contributed by atoms with E-state index in [1.54, 1.807) is 17.9 Å². The molecular weight excluding hydrogens is 353 g/mol. The van der Waals surface area contributed by atoms with Crippen molar-refractivity contribution < 1.29 is 23.5 Å². The Morgan fingerprint density at radius 3 is 2.52 bits per heavy atom. The molecule has 1 saturated carbocycles. The number of halogens is 1. The summed E-state index contributed by atoms with van der Waals surface area (Å²) in [6.07, 6.45) is 1.84. The van der Waals surface area contributed by atoms with Crippen LogP contribution < -0.4 is 10.6 Å². The lowest BCUT2D eigenvalue weighted by molar-refractivity contribution is -0.135. The van der Waals surface area contributed by atoms with Gasteiger partial charge in [0.15, 0.2) is 0 Å². The highest BCUT2D eigenvalue weighted by Gasteiger charge is 2.56. The van der Waals surface area contributed by atoms with Gasteiger partial charge in [-0.15, -0.1) is 0 Å². The number of amides is 3. The summed E-state index contributed by atoms with van der Waals surface area (Å²) in [5.74, 6) is -1.16. The highest BCUT2D eigenvalue weighted by Crippen LogP contribution is 2.47. The molecule has 2 aliphatic rings. The molecule has 1 aromatic carbocycles. The van der Waals surface area contributed by atoms with Crippen LogP contribution in [0.4, 0.5) is 14.9 Å². The first kappa shape index (κ1) is 19.1. The van der Waals surface area contributed by atoms with Crippen molar-refractivity contribution in [3.8, 4) is 0 Å². The number of benzene rings is 1. The van der Waals surface area contributed by atoms with Gasteiger partial charge in [0, 0.05) is 24.8 Å². The van der Waals surface area contributed by atoms with Crippen LogP contribution in [0.25, 0.3) is 0 Å². The molecule has 7 nitrogen and oxygen atoms in total. The van der Waals surface area contributed by atoms with Crippen molar-refractivity contribution in [1.29, 1.82) is 0 Å². The normalized spacial score (nSPS) is 18.5. The molecule has 1 heterocycles. The van der Waals surface area contributed by atoms with Gasteiger partial charge in [-0.1, -0.05) is 6.07 Å². The van der Waals surface area contributed by atoms with Crippen LogP contribution in [0.2, 0.25) is 0 Å². The van der Waals surface area contributed by atoms with Crippen LogP contribution in [-0.2, 0) is 14.3 Å². The molecule has 1 aromatic rings. The zero-order valence-electron chi connectivity index (χ0n) is 15.3. The number of nitrogens with one attached hydrogen (secondary N) is 2. The highest BCUT2D eigenvalue weighted by molar-refractivity contribution is 6.13. The maximum Gasteiger partial charge on any atom is 0.409 e. The molecule has 0 aromatic heterocycles. The van der Waals surface area contributed by atoms with E-state index in [9.17, 15) is 18.8 Å². The Balaban J connectivity index is 1.52. The van der Waals surface area contributed by atoms with Crippen molar-refractivity contribution >= 4 is 23.6 Å². The van der Waals surface area contributed by atoms with E-state index in [4.69, 9.17) is 4.74 Å². The molecule has 3 rings (SSSR count). The van der Waals surface area contributed by atoms with Crippen molar-refractivity contribution in [3.63, 3.8) is 0 Å². The van der Waals surface area contributed by atoms with E-state index in [1.807, 2.05) is 0 Å². The summed E-state index contributed by atoms with van der Waals surface area (Å²) in [6, 6.07) is 5.51. The van der Waals surface area contributed by atoms with Crippen molar-refractivity contribution in [3.05, 3.63) is 30.1 Å². The summed E-state index contributed by atoms with van der Waals surface area (Å²) >= 11 is 0. The van der Waals surface area contributed by atoms with Crippen molar-refractivity contribution in [2.24, 2.45) is 5.41 Å². The number of piperidine rings is 1. The van der Waals surface area contributed by atoms with Crippen LogP contribution in [0.1, 0.15) is 32.6 Å². The number of anilines is 1. The summed E-state index contributed by atoms with van der Waals surface area (Å²) in [4.78, 5) is 38.5. The summed E-state index contributed by atoms with van der Waals surface area (Å²) in [5, 5.41) is 5.57. The fourth-order valence-corrected chi connectivity index (χ4v) is 3.24. The Bertz CT molecular complexity index is 727. The van der Waals surface area contributed by atoms with Gasteiger partial charge in [0.05, 0.1) is 6.61 Å². The molecule has 0 spiro atoms. The van der Waals surface area contributed by atoms with Gasteiger partial charge in [-0.3, -0.25) is 9.59 Å². The van der Waals surface area contributed by atoms with Crippen LogP contribution in [0.5, 0.6) is 0 Å². The quantitative estimate of drug-likeness (QED) is 0.771. The van der Waals surface area contributed by atoms with Crippen LogP contribution in [0.3, 0.4) is 0 Å². The fraction of sp³-hybridized carbons (Fsp3) is 0.526. The van der Waals surface area contributed by atoms with Gasteiger partial charge in [0.2, 0.25) is 11.8 Å². The molecule has 27 heavy (non-hydrogen) atoms.